The van der Waals surface area contributed by atoms with Crippen LogP contribution in [0.3, 0.4) is 0 Å². The lowest BCUT2D eigenvalue weighted by Gasteiger charge is -2.20. The summed E-state index contributed by atoms with van der Waals surface area (Å²) in [6, 6.07) is -1.13. The van der Waals surface area contributed by atoms with Crippen molar-refractivity contribution < 1.29 is 23.1 Å². The third-order valence-electron chi connectivity index (χ3n) is 2.46. The first-order valence-corrected chi connectivity index (χ1v) is 7.07. The Balaban J connectivity index is 2.57. The van der Waals surface area contributed by atoms with E-state index in [0.29, 0.717) is 6.42 Å². The van der Waals surface area contributed by atoms with Gasteiger partial charge in [-0.05, 0) is 6.42 Å². The summed E-state index contributed by atoms with van der Waals surface area (Å²) in [4.78, 5) is 23.2. The van der Waals surface area contributed by atoms with Gasteiger partial charge in [0.1, 0.15) is 6.54 Å². The molecule has 1 unspecified atom stereocenters. The minimum atomic E-state index is -3.09. The fourth-order valence-electron chi connectivity index (χ4n) is 1.65. The van der Waals surface area contributed by atoms with Crippen LogP contribution in [0.1, 0.15) is 6.42 Å². The van der Waals surface area contributed by atoms with Gasteiger partial charge in [-0.25, -0.2) is 13.2 Å². The highest BCUT2D eigenvalue weighted by molar-refractivity contribution is 7.91. The Morgan fingerprint density at radius 1 is 1.50 bits per heavy atom. The van der Waals surface area contributed by atoms with Crippen molar-refractivity contribution in [1.29, 1.82) is 0 Å². The summed E-state index contributed by atoms with van der Waals surface area (Å²) in [5.74, 6) is 0.916. The number of hydrogen-bond acceptors (Lipinski definition) is 4. The van der Waals surface area contributed by atoms with Crippen molar-refractivity contribution in [1.82, 2.24) is 10.2 Å². The molecule has 18 heavy (non-hydrogen) atoms. The fourth-order valence-corrected chi connectivity index (χ4v) is 3.32. The predicted molar refractivity (Wildman–Crippen MR) is 63.6 cm³/mol. The van der Waals surface area contributed by atoms with E-state index in [4.69, 9.17) is 11.5 Å². The number of carbonyl (C=O) groups is 2. The van der Waals surface area contributed by atoms with Crippen LogP contribution >= 0.6 is 0 Å². The van der Waals surface area contributed by atoms with E-state index in [0.717, 1.165) is 4.90 Å². The molecule has 0 radical (unpaired) electrons. The Morgan fingerprint density at radius 3 is 2.61 bits per heavy atom. The van der Waals surface area contributed by atoms with Gasteiger partial charge in [-0.3, -0.25) is 4.79 Å². The first-order chi connectivity index (χ1) is 8.34. The molecule has 7 nitrogen and oxygen atoms in total. The summed E-state index contributed by atoms with van der Waals surface area (Å²) in [5, 5.41) is 11.1. The molecule has 1 heterocycles. The maximum Gasteiger partial charge on any atom is 0.323 e. The summed E-state index contributed by atoms with van der Waals surface area (Å²) in [6.07, 6.45) is 5.37. The third kappa shape index (κ3) is 4.25. The number of amides is 2. The van der Waals surface area contributed by atoms with E-state index in [1.165, 1.54) is 0 Å². The van der Waals surface area contributed by atoms with Crippen molar-refractivity contribution in [3.05, 3.63) is 0 Å². The first-order valence-electron chi connectivity index (χ1n) is 5.25. The van der Waals surface area contributed by atoms with Crippen LogP contribution < -0.4 is 5.32 Å². The van der Waals surface area contributed by atoms with Gasteiger partial charge in [-0.1, -0.05) is 5.92 Å². The zero-order valence-corrected chi connectivity index (χ0v) is 10.4. The Hall–Kier alpha value is -1.75. The largest absolute Gasteiger partial charge is 0.480 e. The van der Waals surface area contributed by atoms with E-state index in [2.05, 4.69) is 11.2 Å². The van der Waals surface area contributed by atoms with Gasteiger partial charge >= 0.3 is 12.0 Å². The number of rotatable bonds is 4. The summed E-state index contributed by atoms with van der Waals surface area (Å²) in [6.45, 7) is -0.660. The number of nitrogens with zero attached hydrogens (tertiary/aromatic N) is 1. The van der Waals surface area contributed by atoms with Gasteiger partial charge in [-0.15, -0.1) is 6.42 Å². The number of aliphatic carboxylic acids is 1. The second kappa shape index (κ2) is 5.73. The maximum absolute atomic E-state index is 11.7. The molecule has 0 aromatic heterocycles. The van der Waals surface area contributed by atoms with Crippen LogP contribution in [0.2, 0.25) is 0 Å². The van der Waals surface area contributed by atoms with Crippen LogP contribution in [0.25, 0.3) is 0 Å². The molecule has 0 spiro atoms. The Morgan fingerprint density at radius 2 is 2.17 bits per heavy atom. The highest BCUT2D eigenvalue weighted by Gasteiger charge is 2.30. The number of nitrogens with one attached hydrogen (secondary N) is 1. The molecule has 100 valence electrons. The quantitative estimate of drug-likeness (QED) is 0.633. The molecule has 0 bridgehead atoms. The van der Waals surface area contributed by atoms with E-state index in [1.54, 1.807) is 0 Å². The Kier molecular flexibility index (Phi) is 4.55. The van der Waals surface area contributed by atoms with Gasteiger partial charge in [-0.2, -0.15) is 0 Å². The van der Waals surface area contributed by atoms with Crippen molar-refractivity contribution in [2.75, 3.05) is 24.6 Å². The molecule has 2 N–H and O–H groups in total. The lowest BCUT2D eigenvalue weighted by atomic mass is 10.3. The Labute approximate surface area is 105 Å². The summed E-state index contributed by atoms with van der Waals surface area (Å²) in [7, 11) is -3.09. The second-order valence-corrected chi connectivity index (χ2v) is 6.23. The average Bonchev–Trinajstić information content (AvgIpc) is 2.56. The summed E-state index contributed by atoms with van der Waals surface area (Å²) < 4.78 is 22.4. The minimum Gasteiger partial charge on any atom is -0.480 e. The molecular formula is C10H14N2O5S. The number of hydrogen-bond donors (Lipinski definition) is 2. The van der Waals surface area contributed by atoms with Gasteiger partial charge in [0.2, 0.25) is 0 Å². The molecule has 1 aliphatic rings. The number of carboxylic acid groups (broad SMARTS) is 1. The molecule has 2 amide bonds. The SMILES string of the molecule is C#CCN(CC(=O)O)C(=O)NC1CCS(=O)(=O)C1. The number of sulfone groups is 1. The number of carbonyl (C=O) groups excluding carboxylic acids is 1. The van der Waals surface area contributed by atoms with Crippen LogP contribution in [0.15, 0.2) is 0 Å². The molecular weight excluding hydrogens is 260 g/mol. The lowest BCUT2D eigenvalue weighted by Crippen LogP contribution is -2.47. The molecule has 0 aromatic carbocycles. The van der Waals surface area contributed by atoms with Crippen LogP contribution in [-0.4, -0.2) is 61.1 Å². The van der Waals surface area contributed by atoms with Crippen molar-refractivity contribution in [2.45, 2.75) is 12.5 Å². The normalized spacial score (nSPS) is 20.9. The number of terminal acetylenes is 1. The summed E-state index contributed by atoms with van der Waals surface area (Å²) in [5.41, 5.74) is 0. The van der Waals surface area contributed by atoms with Crippen molar-refractivity contribution in [2.24, 2.45) is 0 Å². The highest BCUT2D eigenvalue weighted by Crippen LogP contribution is 2.11. The van der Waals surface area contributed by atoms with Crippen molar-refractivity contribution >= 4 is 21.8 Å². The zero-order valence-electron chi connectivity index (χ0n) is 9.63. The van der Waals surface area contributed by atoms with Crippen LogP contribution in [0.5, 0.6) is 0 Å². The first kappa shape index (κ1) is 14.3. The molecule has 0 aromatic rings. The second-order valence-electron chi connectivity index (χ2n) is 4.00. The van der Waals surface area contributed by atoms with Crippen molar-refractivity contribution in [3.63, 3.8) is 0 Å². The zero-order chi connectivity index (χ0) is 13.8. The van der Waals surface area contributed by atoms with Gasteiger partial charge < -0.3 is 15.3 Å². The fraction of sp³-hybridized carbons (Fsp3) is 0.600. The van der Waals surface area contributed by atoms with Gasteiger partial charge in [0.25, 0.3) is 0 Å². The molecule has 1 aliphatic heterocycles. The van der Waals surface area contributed by atoms with Crippen molar-refractivity contribution in [3.8, 4) is 12.3 Å². The molecule has 1 fully saturated rings. The van der Waals surface area contributed by atoms with E-state index in [9.17, 15) is 18.0 Å². The highest BCUT2D eigenvalue weighted by atomic mass is 32.2. The minimum absolute atomic E-state index is 0.0337. The Bertz CT molecular complexity index is 479. The van der Waals surface area contributed by atoms with Crippen LogP contribution in [0, 0.1) is 12.3 Å². The monoisotopic (exact) mass is 274 g/mol. The van der Waals surface area contributed by atoms with Gasteiger partial charge in [0.15, 0.2) is 9.84 Å². The van der Waals surface area contributed by atoms with Crippen LogP contribution in [0.4, 0.5) is 4.79 Å². The smallest absolute Gasteiger partial charge is 0.323 e. The standard InChI is InChI=1S/C10H14N2O5S/c1-2-4-12(6-9(13)14)10(15)11-8-3-5-18(16,17)7-8/h1,8H,3-7H2,(H,11,15)(H,13,14). The van der Waals surface area contributed by atoms with E-state index in [-0.39, 0.29) is 18.1 Å². The maximum atomic E-state index is 11.7. The summed E-state index contributed by atoms with van der Waals surface area (Å²) >= 11 is 0. The lowest BCUT2D eigenvalue weighted by molar-refractivity contribution is -0.137. The molecule has 1 rings (SSSR count). The van der Waals surface area contributed by atoms with Gasteiger partial charge in [0, 0.05) is 6.04 Å². The average molecular weight is 274 g/mol. The third-order valence-corrected chi connectivity index (χ3v) is 4.22. The topological polar surface area (TPSA) is 104 Å². The predicted octanol–water partition coefficient (Wildman–Crippen LogP) is -1.10. The van der Waals surface area contributed by atoms with Crippen LogP contribution in [-0.2, 0) is 14.6 Å². The molecule has 8 heteroatoms. The molecule has 1 atom stereocenters. The van der Waals surface area contributed by atoms with E-state index >= 15 is 0 Å². The van der Waals surface area contributed by atoms with Gasteiger partial charge in [0.05, 0.1) is 18.1 Å². The van der Waals surface area contributed by atoms with E-state index in [1.807, 2.05) is 0 Å². The number of urea groups is 1. The van der Waals surface area contributed by atoms with E-state index < -0.39 is 34.4 Å². The molecule has 0 aliphatic carbocycles. The number of carboxylic acids is 1. The molecule has 1 saturated heterocycles. The molecule has 0 saturated carbocycles.